The maximum atomic E-state index is 12.5. The predicted molar refractivity (Wildman–Crippen MR) is 129 cm³/mol. The van der Waals surface area contributed by atoms with E-state index in [0.29, 0.717) is 44.2 Å². The lowest BCUT2D eigenvalue weighted by Crippen LogP contribution is -2.51. The van der Waals surface area contributed by atoms with Crippen LogP contribution in [0.4, 0.5) is 0 Å². The van der Waals surface area contributed by atoms with Crippen LogP contribution >= 0.6 is 0 Å². The van der Waals surface area contributed by atoms with E-state index in [1.165, 1.54) is 4.90 Å². The average molecular weight is 464 g/mol. The summed E-state index contributed by atoms with van der Waals surface area (Å²) < 4.78 is 0. The average Bonchev–Trinajstić information content (AvgIpc) is 2.97. The summed E-state index contributed by atoms with van der Waals surface area (Å²) in [6.45, 7) is 13.4. The van der Waals surface area contributed by atoms with Gasteiger partial charge in [0.25, 0.3) is 0 Å². The highest BCUT2D eigenvalue weighted by atomic mass is 16.2. The van der Waals surface area contributed by atoms with E-state index in [0.717, 1.165) is 51.6 Å². The lowest BCUT2D eigenvalue weighted by molar-refractivity contribution is -0.141. The Labute approximate surface area is 200 Å². The Morgan fingerprint density at radius 2 is 1.61 bits per heavy atom. The van der Waals surface area contributed by atoms with E-state index in [2.05, 4.69) is 19.2 Å². The SMILES string of the molecule is CC(C)C1CN(C(=O)CCCCCNC(=O)CCCCCN2C(=O)CC(C(C)(C)C)C2=O)C1. The molecule has 7 heteroatoms. The van der Waals surface area contributed by atoms with Crippen molar-refractivity contribution in [2.45, 2.75) is 92.4 Å². The molecule has 2 fully saturated rings. The zero-order chi connectivity index (χ0) is 24.6. The number of likely N-dealkylation sites (tertiary alicyclic amines) is 2. The van der Waals surface area contributed by atoms with E-state index >= 15 is 0 Å². The van der Waals surface area contributed by atoms with Crippen LogP contribution < -0.4 is 5.32 Å². The third-order valence-corrected chi connectivity index (χ3v) is 7.17. The van der Waals surface area contributed by atoms with Gasteiger partial charge in [0.15, 0.2) is 0 Å². The standard InChI is InChI=1S/C26H45N3O4/c1-19(2)20-17-28(18-20)23(31)13-9-6-10-14-27-22(30)12-8-7-11-15-29-24(32)16-21(25(29)33)26(3,4)5/h19-21H,6-18H2,1-5H3,(H,27,30). The Morgan fingerprint density at radius 3 is 2.21 bits per heavy atom. The first-order valence-corrected chi connectivity index (χ1v) is 12.9. The summed E-state index contributed by atoms with van der Waals surface area (Å²) in [4.78, 5) is 52.1. The lowest BCUT2D eigenvalue weighted by atomic mass is 9.80. The molecule has 1 unspecified atom stereocenters. The minimum atomic E-state index is -0.221. The van der Waals surface area contributed by atoms with Gasteiger partial charge in [-0.15, -0.1) is 0 Å². The Morgan fingerprint density at radius 1 is 0.970 bits per heavy atom. The van der Waals surface area contributed by atoms with Gasteiger partial charge < -0.3 is 10.2 Å². The first-order chi connectivity index (χ1) is 15.5. The molecule has 0 radical (unpaired) electrons. The molecule has 0 aromatic carbocycles. The Kier molecular flexibility index (Phi) is 10.4. The second kappa shape index (κ2) is 12.5. The van der Waals surface area contributed by atoms with Crippen molar-refractivity contribution in [3.63, 3.8) is 0 Å². The van der Waals surface area contributed by atoms with Crippen molar-refractivity contribution < 1.29 is 19.2 Å². The van der Waals surface area contributed by atoms with E-state index in [4.69, 9.17) is 0 Å². The summed E-state index contributed by atoms with van der Waals surface area (Å²) in [6.07, 6.45) is 6.42. The molecule has 2 heterocycles. The number of carbonyl (C=O) groups excluding carboxylic acids is 4. The molecule has 2 aliphatic rings. The molecule has 188 valence electrons. The highest BCUT2D eigenvalue weighted by Crippen LogP contribution is 2.35. The van der Waals surface area contributed by atoms with Crippen LogP contribution in [0.5, 0.6) is 0 Å². The predicted octanol–water partition coefficient (Wildman–Crippen LogP) is 3.76. The highest BCUT2D eigenvalue weighted by molar-refractivity contribution is 6.03. The molecule has 0 aromatic heterocycles. The van der Waals surface area contributed by atoms with E-state index in [1.807, 2.05) is 25.7 Å². The Hall–Kier alpha value is -1.92. The first kappa shape index (κ1) is 27.3. The maximum absolute atomic E-state index is 12.5. The zero-order valence-corrected chi connectivity index (χ0v) is 21.5. The highest BCUT2D eigenvalue weighted by Gasteiger charge is 2.44. The van der Waals surface area contributed by atoms with E-state index in [1.54, 1.807) is 0 Å². The van der Waals surface area contributed by atoms with Crippen molar-refractivity contribution in [2.75, 3.05) is 26.2 Å². The smallest absolute Gasteiger partial charge is 0.233 e. The molecule has 0 spiro atoms. The van der Waals surface area contributed by atoms with Crippen LogP contribution in [0.1, 0.15) is 92.4 Å². The number of imide groups is 1. The van der Waals surface area contributed by atoms with Gasteiger partial charge in [0.1, 0.15) is 0 Å². The third kappa shape index (κ3) is 8.42. The van der Waals surface area contributed by atoms with E-state index < -0.39 is 0 Å². The maximum Gasteiger partial charge on any atom is 0.233 e. The van der Waals surface area contributed by atoms with Crippen molar-refractivity contribution in [3.05, 3.63) is 0 Å². The first-order valence-electron chi connectivity index (χ1n) is 12.9. The number of carbonyl (C=O) groups is 4. The molecule has 0 aromatic rings. The third-order valence-electron chi connectivity index (χ3n) is 7.17. The number of rotatable bonds is 13. The molecule has 33 heavy (non-hydrogen) atoms. The van der Waals surface area contributed by atoms with Gasteiger partial charge in [0.05, 0.1) is 5.92 Å². The molecule has 1 N–H and O–H groups in total. The van der Waals surface area contributed by atoms with Gasteiger partial charge in [-0.25, -0.2) is 0 Å². The van der Waals surface area contributed by atoms with Crippen LogP contribution in [0, 0.1) is 23.2 Å². The normalized spacial score (nSPS) is 19.4. The van der Waals surface area contributed by atoms with E-state index in [9.17, 15) is 19.2 Å². The molecule has 7 nitrogen and oxygen atoms in total. The fourth-order valence-electron chi connectivity index (χ4n) is 4.52. The summed E-state index contributed by atoms with van der Waals surface area (Å²) >= 11 is 0. The van der Waals surface area contributed by atoms with Crippen molar-refractivity contribution in [1.29, 1.82) is 0 Å². The number of nitrogens with zero attached hydrogens (tertiary/aromatic N) is 2. The number of hydrogen-bond acceptors (Lipinski definition) is 4. The summed E-state index contributed by atoms with van der Waals surface area (Å²) in [7, 11) is 0. The van der Waals surface area contributed by atoms with Crippen LogP contribution in [-0.2, 0) is 19.2 Å². The van der Waals surface area contributed by atoms with Crippen molar-refractivity contribution in [2.24, 2.45) is 23.2 Å². The van der Waals surface area contributed by atoms with Crippen molar-refractivity contribution in [3.8, 4) is 0 Å². The number of nitrogens with one attached hydrogen (secondary N) is 1. The molecular formula is C26H45N3O4. The van der Waals surface area contributed by atoms with Crippen LogP contribution in [0.3, 0.4) is 0 Å². The van der Waals surface area contributed by atoms with Gasteiger partial charge in [-0.3, -0.25) is 24.1 Å². The summed E-state index contributed by atoms with van der Waals surface area (Å²) in [6, 6.07) is 0. The van der Waals surface area contributed by atoms with Crippen molar-refractivity contribution >= 4 is 23.6 Å². The molecular weight excluding hydrogens is 418 g/mol. The monoisotopic (exact) mass is 463 g/mol. The Bertz CT molecular complexity index is 692. The molecule has 1 atom stereocenters. The second-order valence-corrected chi connectivity index (χ2v) is 11.3. The Balaban J connectivity index is 1.44. The molecule has 4 amide bonds. The van der Waals surface area contributed by atoms with Gasteiger partial charge in [-0.2, -0.15) is 0 Å². The largest absolute Gasteiger partial charge is 0.356 e. The molecule has 0 aliphatic carbocycles. The van der Waals surface area contributed by atoms with Gasteiger partial charge in [-0.1, -0.05) is 47.5 Å². The lowest BCUT2D eigenvalue weighted by Gasteiger charge is -2.41. The summed E-state index contributed by atoms with van der Waals surface area (Å²) in [5.74, 6) is 1.30. The van der Waals surface area contributed by atoms with Crippen LogP contribution in [-0.4, -0.2) is 59.6 Å². The minimum Gasteiger partial charge on any atom is -0.356 e. The summed E-state index contributed by atoms with van der Waals surface area (Å²) in [5, 5.41) is 2.95. The van der Waals surface area contributed by atoms with Gasteiger partial charge >= 0.3 is 0 Å². The molecule has 0 bridgehead atoms. The van der Waals surface area contributed by atoms with Gasteiger partial charge in [-0.05, 0) is 42.9 Å². The fraction of sp³-hybridized carbons (Fsp3) is 0.846. The van der Waals surface area contributed by atoms with Gasteiger partial charge in [0, 0.05) is 45.4 Å². The topological polar surface area (TPSA) is 86.8 Å². The van der Waals surface area contributed by atoms with Gasteiger partial charge in [0.2, 0.25) is 23.6 Å². The second-order valence-electron chi connectivity index (χ2n) is 11.3. The number of unbranched alkanes of at least 4 members (excludes halogenated alkanes) is 4. The fourth-order valence-corrected chi connectivity index (χ4v) is 4.52. The molecule has 0 saturated carbocycles. The van der Waals surface area contributed by atoms with Crippen LogP contribution in [0.2, 0.25) is 0 Å². The molecule has 2 rings (SSSR count). The molecule has 2 aliphatic heterocycles. The summed E-state index contributed by atoms with van der Waals surface area (Å²) in [5.41, 5.74) is -0.194. The number of hydrogen-bond donors (Lipinski definition) is 1. The molecule has 2 saturated heterocycles. The van der Waals surface area contributed by atoms with E-state index in [-0.39, 0.29) is 35.0 Å². The zero-order valence-electron chi connectivity index (χ0n) is 21.5. The van der Waals surface area contributed by atoms with Crippen molar-refractivity contribution in [1.82, 2.24) is 15.1 Å². The quantitative estimate of drug-likeness (QED) is 0.333. The minimum absolute atomic E-state index is 0.0448. The van der Waals surface area contributed by atoms with Crippen LogP contribution in [0.25, 0.3) is 0 Å². The van der Waals surface area contributed by atoms with Crippen LogP contribution in [0.15, 0.2) is 0 Å². The number of amides is 4.